The highest BCUT2D eigenvalue weighted by atomic mass is 32.2. The summed E-state index contributed by atoms with van der Waals surface area (Å²) in [4.78, 5) is 12.5. The van der Waals surface area contributed by atoms with E-state index >= 15 is 0 Å². The lowest BCUT2D eigenvalue weighted by Gasteiger charge is -2.17. The van der Waals surface area contributed by atoms with Gasteiger partial charge in [-0.25, -0.2) is 0 Å². The van der Waals surface area contributed by atoms with Crippen molar-refractivity contribution in [1.29, 1.82) is 0 Å². The highest BCUT2D eigenvalue weighted by molar-refractivity contribution is 8.02. The van der Waals surface area contributed by atoms with Gasteiger partial charge in [-0.15, -0.1) is 23.1 Å². The summed E-state index contributed by atoms with van der Waals surface area (Å²) in [7, 11) is 0. The summed E-state index contributed by atoms with van der Waals surface area (Å²) < 4.78 is 1.18. The van der Waals surface area contributed by atoms with Gasteiger partial charge in [-0.05, 0) is 25.3 Å². The first-order valence-electron chi connectivity index (χ1n) is 6.93. The number of rotatable bonds is 6. The van der Waals surface area contributed by atoms with Crippen LogP contribution < -0.4 is 10.6 Å². The molecule has 2 heterocycles. The molecule has 6 heteroatoms. The van der Waals surface area contributed by atoms with Crippen LogP contribution in [0.5, 0.6) is 0 Å². The minimum Gasteiger partial charge on any atom is -0.392 e. The van der Waals surface area contributed by atoms with Crippen LogP contribution in [0.25, 0.3) is 0 Å². The summed E-state index contributed by atoms with van der Waals surface area (Å²) in [6.07, 6.45) is 0.508. The van der Waals surface area contributed by atoms with Crippen molar-refractivity contribution in [1.82, 2.24) is 5.32 Å². The fourth-order valence-electron chi connectivity index (χ4n) is 2.16. The molecule has 3 N–H and O–H groups in total. The first kappa shape index (κ1) is 15.8. The Kier molecular flexibility index (Phi) is 5.49. The third kappa shape index (κ3) is 4.22. The molecular formula is C14H22N2O2S2. The number of anilines is 1. The zero-order valence-corrected chi connectivity index (χ0v) is 13.7. The van der Waals surface area contributed by atoms with Gasteiger partial charge in [0.25, 0.3) is 0 Å². The average molecular weight is 314 g/mol. The maximum atomic E-state index is 11.3. The van der Waals surface area contributed by atoms with Crippen molar-refractivity contribution in [3.8, 4) is 0 Å². The SMILES string of the molecule is CC(C)CC(O)CNC(C)c1cc2c(s1)SCC(=O)N2. The van der Waals surface area contributed by atoms with Crippen LogP contribution in [0, 0.1) is 5.92 Å². The van der Waals surface area contributed by atoms with Crippen molar-refractivity contribution in [3.63, 3.8) is 0 Å². The zero-order chi connectivity index (χ0) is 14.7. The van der Waals surface area contributed by atoms with E-state index in [9.17, 15) is 9.90 Å². The summed E-state index contributed by atoms with van der Waals surface area (Å²) >= 11 is 3.31. The van der Waals surface area contributed by atoms with Crippen molar-refractivity contribution in [2.24, 2.45) is 5.92 Å². The zero-order valence-electron chi connectivity index (χ0n) is 12.1. The van der Waals surface area contributed by atoms with Crippen LogP contribution in [-0.4, -0.2) is 29.4 Å². The van der Waals surface area contributed by atoms with Crippen LogP contribution in [0.1, 0.15) is 38.1 Å². The second kappa shape index (κ2) is 6.93. The molecule has 1 aromatic rings. The van der Waals surface area contributed by atoms with E-state index in [1.165, 1.54) is 9.09 Å². The monoisotopic (exact) mass is 314 g/mol. The molecule has 112 valence electrons. The Morgan fingerprint density at radius 3 is 2.90 bits per heavy atom. The maximum Gasteiger partial charge on any atom is 0.234 e. The minimum atomic E-state index is -0.305. The van der Waals surface area contributed by atoms with Gasteiger partial charge in [0.05, 0.1) is 21.8 Å². The molecule has 1 aliphatic rings. The highest BCUT2D eigenvalue weighted by Crippen LogP contribution is 2.40. The molecular weight excluding hydrogens is 292 g/mol. The Balaban J connectivity index is 1.90. The van der Waals surface area contributed by atoms with E-state index in [1.54, 1.807) is 23.1 Å². The number of aliphatic hydroxyl groups excluding tert-OH is 1. The van der Waals surface area contributed by atoms with Gasteiger partial charge >= 0.3 is 0 Å². The molecule has 0 bridgehead atoms. The van der Waals surface area contributed by atoms with E-state index in [1.807, 2.05) is 6.07 Å². The number of fused-ring (bicyclic) bond motifs is 1. The fraction of sp³-hybridized carbons (Fsp3) is 0.643. The average Bonchev–Trinajstić information content (AvgIpc) is 2.78. The summed E-state index contributed by atoms with van der Waals surface area (Å²) in [5.41, 5.74) is 0.933. The number of aliphatic hydroxyl groups is 1. The summed E-state index contributed by atoms with van der Waals surface area (Å²) in [5.74, 6) is 1.07. The molecule has 0 aromatic carbocycles. The van der Waals surface area contributed by atoms with Crippen LogP contribution in [0.2, 0.25) is 0 Å². The van der Waals surface area contributed by atoms with Crippen LogP contribution in [0.3, 0.4) is 0 Å². The topological polar surface area (TPSA) is 61.4 Å². The normalized spacial score (nSPS) is 17.8. The maximum absolute atomic E-state index is 11.3. The van der Waals surface area contributed by atoms with E-state index < -0.39 is 0 Å². The van der Waals surface area contributed by atoms with Crippen LogP contribution in [0.15, 0.2) is 10.3 Å². The van der Waals surface area contributed by atoms with Crippen molar-refractivity contribution in [2.45, 2.75) is 43.5 Å². The van der Waals surface area contributed by atoms with Gasteiger partial charge in [0.2, 0.25) is 5.91 Å². The first-order valence-corrected chi connectivity index (χ1v) is 8.73. The van der Waals surface area contributed by atoms with Crippen LogP contribution in [0.4, 0.5) is 5.69 Å². The lowest BCUT2D eigenvalue weighted by Crippen LogP contribution is -2.29. The molecule has 4 nitrogen and oxygen atoms in total. The molecule has 0 saturated carbocycles. The van der Waals surface area contributed by atoms with E-state index in [-0.39, 0.29) is 18.1 Å². The van der Waals surface area contributed by atoms with E-state index in [2.05, 4.69) is 31.4 Å². The Hall–Kier alpha value is -0.560. The van der Waals surface area contributed by atoms with Crippen molar-refractivity contribution < 1.29 is 9.90 Å². The van der Waals surface area contributed by atoms with Crippen molar-refractivity contribution in [3.05, 3.63) is 10.9 Å². The first-order chi connectivity index (χ1) is 9.45. The third-order valence-electron chi connectivity index (χ3n) is 3.16. The molecule has 0 spiro atoms. The number of carbonyl (C=O) groups excluding carboxylic acids is 1. The molecule has 0 saturated heterocycles. The van der Waals surface area contributed by atoms with E-state index in [0.717, 1.165) is 12.1 Å². The van der Waals surface area contributed by atoms with Gasteiger partial charge in [-0.2, -0.15) is 0 Å². The highest BCUT2D eigenvalue weighted by Gasteiger charge is 2.21. The Morgan fingerprint density at radius 2 is 2.20 bits per heavy atom. The molecule has 0 radical (unpaired) electrons. The van der Waals surface area contributed by atoms with Gasteiger partial charge in [0.15, 0.2) is 0 Å². The standard InChI is InChI=1S/C14H22N2O2S2/c1-8(2)4-10(17)6-15-9(3)12-5-11-14(20-12)19-7-13(18)16-11/h5,8-10,15,17H,4,6-7H2,1-3H3,(H,16,18). The molecule has 2 rings (SSSR count). The largest absolute Gasteiger partial charge is 0.392 e. The lowest BCUT2D eigenvalue weighted by atomic mass is 10.1. The summed E-state index contributed by atoms with van der Waals surface area (Å²) in [5, 5.41) is 16.2. The summed E-state index contributed by atoms with van der Waals surface area (Å²) in [6, 6.07) is 2.22. The third-order valence-corrected chi connectivity index (χ3v) is 5.76. The second-order valence-corrected chi connectivity index (χ2v) is 7.93. The molecule has 0 fully saturated rings. The second-order valence-electron chi connectivity index (χ2n) is 5.60. The number of carbonyl (C=O) groups is 1. The molecule has 1 aliphatic heterocycles. The summed E-state index contributed by atoms with van der Waals surface area (Å²) in [6.45, 7) is 6.91. The molecule has 20 heavy (non-hydrogen) atoms. The number of hydrogen-bond donors (Lipinski definition) is 3. The lowest BCUT2D eigenvalue weighted by molar-refractivity contribution is -0.113. The number of nitrogens with one attached hydrogen (secondary N) is 2. The van der Waals surface area contributed by atoms with Gasteiger partial charge in [0, 0.05) is 17.5 Å². The molecule has 1 amide bonds. The van der Waals surface area contributed by atoms with Gasteiger partial charge < -0.3 is 15.7 Å². The Bertz CT molecular complexity index is 474. The Morgan fingerprint density at radius 1 is 1.45 bits per heavy atom. The number of hydrogen-bond acceptors (Lipinski definition) is 5. The predicted octanol–water partition coefficient (Wildman–Crippen LogP) is 2.85. The van der Waals surface area contributed by atoms with Crippen LogP contribution in [-0.2, 0) is 4.79 Å². The van der Waals surface area contributed by atoms with E-state index in [0.29, 0.717) is 18.2 Å². The molecule has 1 aromatic heterocycles. The molecule has 2 atom stereocenters. The molecule has 2 unspecified atom stereocenters. The number of amides is 1. The predicted molar refractivity (Wildman–Crippen MR) is 85.6 cm³/mol. The van der Waals surface area contributed by atoms with Crippen molar-refractivity contribution in [2.75, 3.05) is 17.6 Å². The van der Waals surface area contributed by atoms with Gasteiger partial charge in [-0.3, -0.25) is 4.79 Å². The van der Waals surface area contributed by atoms with Crippen molar-refractivity contribution >= 4 is 34.7 Å². The fourth-order valence-corrected chi connectivity index (χ4v) is 4.33. The smallest absolute Gasteiger partial charge is 0.234 e. The van der Waals surface area contributed by atoms with Crippen LogP contribution >= 0.6 is 23.1 Å². The minimum absolute atomic E-state index is 0.0693. The number of thiophene rings is 1. The van der Waals surface area contributed by atoms with E-state index in [4.69, 9.17) is 0 Å². The molecule has 0 aliphatic carbocycles. The number of thioether (sulfide) groups is 1. The quantitative estimate of drug-likeness (QED) is 0.755. The Labute approximate surface area is 128 Å². The van der Waals surface area contributed by atoms with Gasteiger partial charge in [0.1, 0.15) is 0 Å². The van der Waals surface area contributed by atoms with Gasteiger partial charge in [-0.1, -0.05) is 13.8 Å².